The monoisotopic (exact) mass is 338 g/mol. The van der Waals surface area contributed by atoms with Crippen LogP contribution in [0.3, 0.4) is 0 Å². The van der Waals surface area contributed by atoms with E-state index in [1.165, 1.54) is 16.3 Å². The first-order valence-corrected chi connectivity index (χ1v) is 8.73. The molecule has 0 radical (unpaired) electrons. The van der Waals surface area contributed by atoms with Crippen LogP contribution in [0.4, 0.5) is 0 Å². The van der Waals surface area contributed by atoms with E-state index >= 15 is 0 Å². The fraction of sp³-hybridized carbons (Fsp3) is 0.0833. The van der Waals surface area contributed by atoms with Crippen molar-refractivity contribution in [1.29, 1.82) is 0 Å². The molecular weight excluding hydrogens is 320 g/mol. The minimum atomic E-state index is 0.803. The normalized spacial score (nSPS) is 11.5. The third kappa shape index (κ3) is 2.19. The maximum Gasteiger partial charge on any atom is 0.143 e. The Bertz CT molecular complexity index is 1260. The number of methoxy groups -OCH3 is 1. The second-order valence-electron chi connectivity index (χ2n) is 6.68. The molecule has 0 atom stereocenters. The van der Waals surface area contributed by atoms with Crippen LogP contribution in [0.15, 0.2) is 77.2 Å². The molecule has 0 aliphatic rings. The van der Waals surface area contributed by atoms with Gasteiger partial charge in [-0.05, 0) is 41.5 Å². The molecule has 126 valence electrons. The Morgan fingerprint density at radius 3 is 2.42 bits per heavy atom. The lowest BCUT2D eigenvalue weighted by atomic mass is 9.96. The van der Waals surface area contributed by atoms with Gasteiger partial charge in [0.15, 0.2) is 0 Å². The lowest BCUT2D eigenvalue weighted by molar-refractivity contribution is 0.414. The van der Waals surface area contributed by atoms with Crippen molar-refractivity contribution in [3.8, 4) is 16.9 Å². The van der Waals surface area contributed by atoms with Gasteiger partial charge < -0.3 is 9.15 Å². The second-order valence-corrected chi connectivity index (χ2v) is 6.68. The second kappa shape index (κ2) is 5.63. The van der Waals surface area contributed by atoms with Gasteiger partial charge in [-0.3, -0.25) is 0 Å². The van der Waals surface area contributed by atoms with Gasteiger partial charge in [0.25, 0.3) is 0 Å². The summed E-state index contributed by atoms with van der Waals surface area (Å²) in [5, 5.41) is 4.71. The summed E-state index contributed by atoms with van der Waals surface area (Å²) in [4.78, 5) is 0. The predicted molar refractivity (Wildman–Crippen MR) is 108 cm³/mol. The molecule has 1 aromatic heterocycles. The largest absolute Gasteiger partial charge is 0.497 e. The van der Waals surface area contributed by atoms with Crippen LogP contribution in [0.25, 0.3) is 43.8 Å². The minimum Gasteiger partial charge on any atom is -0.497 e. The first-order valence-electron chi connectivity index (χ1n) is 8.73. The smallest absolute Gasteiger partial charge is 0.143 e. The predicted octanol–water partition coefficient (Wildman–Crippen LogP) is 6.72. The molecule has 0 aliphatic carbocycles. The molecule has 0 N–H and O–H groups in total. The molecule has 0 spiro atoms. The highest BCUT2D eigenvalue weighted by Gasteiger charge is 2.16. The molecule has 4 aromatic carbocycles. The maximum absolute atomic E-state index is 6.34. The van der Waals surface area contributed by atoms with E-state index in [1.54, 1.807) is 7.11 Å². The maximum atomic E-state index is 6.34. The van der Waals surface area contributed by atoms with Crippen LogP contribution in [0.2, 0.25) is 0 Å². The number of benzene rings is 4. The minimum absolute atomic E-state index is 0.803. The van der Waals surface area contributed by atoms with Gasteiger partial charge in [-0.1, -0.05) is 54.1 Å². The Kier molecular flexibility index (Phi) is 3.26. The third-order valence-electron chi connectivity index (χ3n) is 5.03. The summed E-state index contributed by atoms with van der Waals surface area (Å²) in [6.45, 7) is 2.10. The average molecular weight is 338 g/mol. The average Bonchev–Trinajstić information content (AvgIpc) is 3.07. The van der Waals surface area contributed by atoms with Gasteiger partial charge in [0.05, 0.1) is 7.11 Å². The van der Waals surface area contributed by atoms with Crippen molar-refractivity contribution in [2.24, 2.45) is 0 Å². The van der Waals surface area contributed by atoms with E-state index in [-0.39, 0.29) is 0 Å². The summed E-state index contributed by atoms with van der Waals surface area (Å²) >= 11 is 0. The van der Waals surface area contributed by atoms with Crippen LogP contribution < -0.4 is 4.74 Å². The van der Waals surface area contributed by atoms with Crippen LogP contribution in [-0.4, -0.2) is 7.11 Å². The molecule has 2 heteroatoms. The molecule has 0 fully saturated rings. The third-order valence-corrected chi connectivity index (χ3v) is 5.03. The molecule has 0 unspecified atom stereocenters. The zero-order valence-electron chi connectivity index (χ0n) is 14.7. The number of furan rings is 1. The molecule has 26 heavy (non-hydrogen) atoms. The van der Waals surface area contributed by atoms with E-state index in [0.29, 0.717) is 0 Å². The van der Waals surface area contributed by atoms with Gasteiger partial charge in [-0.25, -0.2) is 0 Å². The Morgan fingerprint density at radius 2 is 1.62 bits per heavy atom. The summed E-state index contributed by atoms with van der Waals surface area (Å²) < 4.78 is 11.7. The van der Waals surface area contributed by atoms with Crippen molar-refractivity contribution >= 4 is 32.7 Å². The van der Waals surface area contributed by atoms with Crippen molar-refractivity contribution in [3.05, 3.63) is 78.4 Å². The van der Waals surface area contributed by atoms with Gasteiger partial charge in [0.1, 0.15) is 16.9 Å². The molecule has 1 heterocycles. The van der Waals surface area contributed by atoms with E-state index in [9.17, 15) is 0 Å². The van der Waals surface area contributed by atoms with Gasteiger partial charge in [0.2, 0.25) is 0 Å². The Balaban J connectivity index is 1.96. The Hall–Kier alpha value is -3.26. The first kappa shape index (κ1) is 15.0. The van der Waals surface area contributed by atoms with E-state index in [0.717, 1.165) is 38.8 Å². The highest BCUT2D eigenvalue weighted by atomic mass is 16.5. The number of hydrogen-bond donors (Lipinski definition) is 0. The number of fused-ring (bicyclic) bond motifs is 5. The van der Waals surface area contributed by atoms with Crippen LogP contribution in [0.5, 0.6) is 5.75 Å². The topological polar surface area (TPSA) is 22.4 Å². The van der Waals surface area contributed by atoms with Crippen LogP contribution in [0, 0.1) is 6.92 Å². The van der Waals surface area contributed by atoms with Crippen molar-refractivity contribution in [2.75, 3.05) is 7.11 Å². The summed E-state index contributed by atoms with van der Waals surface area (Å²) in [5.41, 5.74) is 5.31. The molecule has 0 saturated heterocycles. The Morgan fingerprint density at radius 1 is 0.808 bits per heavy atom. The highest BCUT2D eigenvalue weighted by molar-refractivity contribution is 6.22. The lowest BCUT2D eigenvalue weighted by Gasteiger charge is -2.07. The van der Waals surface area contributed by atoms with E-state index < -0.39 is 0 Å². The fourth-order valence-electron chi connectivity index (χ4n) is 3.68. The molecule has 0 aliphatic heterocycles. The molecule has 2 nitrogen and oxygen atoms in total. The van der Waals surface area contributed by atoms with Gasteiger partial charge in [-0.15, -0.1) is 0 Å². The number of aryl methyl sites for hydroxylation is 1. The molecular formula is C24H18O2. The number of rotatable bonds is 2. The molecule has 0 bridgehead atoms. The molecule has 5 rings (SSSR count). The quantitative estimate of drug-likeness (QED) is 0.356. The van der Waals surface area contributed by atoms with Crippen LogP contribution >= 0.6 is 0 Å². The van der Waals surface area contributed by atoms with E-state index in [4.69, 9.17) is 9.15 Å². The lowest BCUT2D eigenvalue weighted by Crippen LogP contribution is -1.83. The molecule has 0 saturated carbocycles. The van der Waals surface area contributed by atoms with Gasteiger partial charge >= 0.3 is 0 Å². The van der Waals surface area contributed by atoms with Crippen molar-refractivity contribution in [1.82, 2.24) is 0 Å². The number of hydrogen-bond acceptors (Lipinski definition) is 2. The Labute approximate surface area is 151 Å². The summed E-state index contributed by atoms with van der Waals surface area (Å²) in [7, 11) is 1.68. The zero-order chi connectivity index (χ0) is 17.7. The van der Waals surface area contributed by atoms with Crippen LogP contribution in [-0.2, 0) is 0 Å². The summed E-state index contributed by atoms with van der Waals surface area (Å²) in [6.07, 6.45) is 0. The first-order chi connectivity index (χ1) is 12.7. The molecule has 0 amide bonds. The highest BCUT2D eigenvalue weighted by Crippen LogP contribution is 2.41. The van der Waals surface area contributed by atoms with E-state index in [1.807, 2.05) is 12.1 Å². The van der Waals surface area contributed by atoms with Gasteiger partial charge in [-0.2, -0.15) is 0 Å². The standard InChI is InChI=1S/C24H18O2/c1-15-7-9-16(10-8-15)21-13-17-5-3-4-6-19(17)23-20-12-11-18(25-2)14-22(20)26-24(21)23/h3-14H,1-2H3. The summed E-state index contributed by atoms with van der Waals surface area (Å²) in [6, 6.07) is 25.4. The van der Waals surface area contributed by atoms with Crippen LogP contribution in [0.1, 0.15) is 5.56 Å². The van der Waals surface area contributed by atoms with Gasteiger partial charge in [0, 0.05) is 22.4 Å². The van der Waals surface area contributed by atoms with Crippen molar-refractivity contribution < 1.29 is 9.15 Å². The summed E-state index contributed by atoms with van der Waals surface area (Å²) in [5.74, 6) is 0.803. The van der Waals surface area contributed by atoms with Crippen molar-refractivity contribution in [2.45, 2.75) is 6.92 Å². The fourth-order valence-corrected chi connectivity index (χ4v) is 3.68. The SMILES string of the molecule is COc1ccc2c(c1)oc1c(-c3ccc(C)cc3)cc3ccccc3c12. The molecule has 5 aromatic rings. The zero-order valence-corrected chi connectivity index (χ0v) is 14.7. The number of ether oxygens (including phenoxy) is 1. The van der Waals surface area contributed by atoms with E-state index in [2.05, 4.69) is 67.6 Å². The van der Waals surface area contributed by atoms with Crippen molar-refractivity contribution in [3.63, 3.8) is 0 Å².